The summed E-state index contributed by atoms with van der Waals surface area (Å²) in [5.74, 6) is 0.664. The number of halogens is 1. The zero-order valence-electron chi connectivity index (χ0n) is 7.51. The summed E-state index contributed by atoms with van der Waals surface area (Å²) < 4.78 is 17.7. The number of hydrogen-bond donors (Lipinski definition) is 1. The molecular weight excluding hydrogens is 169 g/mol. The lowest BCUT2D eigenvalue weighted by atomic mass is 10.1. The fourth-order valence-corrected chi connectivity index (χ4v) is 1.58. The van der Waals surface area contributed by atoms with Gasteiger partial charge in [-0.2, -0.15) is 0 Å². The normalized spacial score (nSPS) is 16.8. The highest BCUT2D eigenvalue weighted by Gasteiger charge is 2.15. The molecule has 0 amide bonds. The van der Waals surface area contributed by atoms with Crippen molar-refractivity contribution in [3.63, 3.8) is 0 Å². The van der Waals surface area contributed by atoms with Gasteiger partial charge in [0.15, 0.2) is 0 Å². The van der Waals surface area contributed by atoms with E-state index in [9.17, 15) is 4.39 Å². The smallest absolute Gasteiger partial charge is 0.235 e. The Bertz CT molecular complexity index is 312. The largest absolute Gasteiger partial charge is 0.460 e. The van der Waals surface area contributed by atoms with Crippen molar-refractivity contribution in [1.29, 1.82) is 0 Å². The Labute approximate surface area is 76.7 Å². The maximum atomic E-state index is 12.6. The Hall–Kier alpha value is -1.09. The summed E-state index contributed by atoms with van der Waals surface area (Å²) in [7, 11) is 0. The minimum Gasteiger partial charge on any atom is -0.460 e. The number of benzene rings is 1. The molecule has 1 N–H and O–H groups in total. The molecule has 1 heterocycles. The van der Waals surface area contributed by atoms with E-state index in [-0.39, 0.29) is 0 Å². The molecule has 0 saturated heterocycles. The van der Waals surface area contributed by atoms with Crippen LogP contribution >= 0.6 is 0 Å². The van der Waals surface area contributed by atoms with Gasteiger partial charge in [0, 0.05) is 25.6 Å². The molecule has 3 heteroatoms. The number of alkyl halides is 1. The van der Waals surface area contributed by atoms with Gasteiger partial charge in [0.1, 0.15) is 5.75 Å². The molecule has 70 valence electrons. The van der Waals surface area contributed by atoms with Crippen molar-refractivity contribution in [2.24, 2.45) is 0 Å². The van der Waals surface area contributed by atoms with Gasteiger partial charge in [0.25, 0.3) is 0 Å². The van der Waals surface area contributed by atoms with E-state index in [1.54, 1.807) is 0 Å². The van der Waals surface area contributed by atoms with E-state index in [0.29, 0.717) is 5.75 Å². The highest BCUT2D eigenvalue weighted by Crippen LogP contribution is 2.26. The van der Waals surface area contributed by atoms with Crippen molar-refractivity contribution in [2.45, 2.75) is 26.4 Å². The third-order valence-corrected chi connectivity index (χ3v) is 2.14. The molecule has 0 spiro atoms. The fourth-order valence-electron chi connectivity index (χ4n) is 1.58. The molecule has 1 aromatic carbocycles. The van der Waals surface area contributed by atoms with Gasteiger partial charge in [-0.25, -0.2) is 4.39 Å². The van der Waals surface area contributed by atoms with E-state index in [4.69, 9.17) is 4.74 Å². The van der Waals surface area contributed by atoms with Gasteiger partial charge in [-0.3, -0.25) is 0 Å². The quantitative estimate of drug-likeness (QED) is 0.753. The molecule has 0 aliphatic carbocycles. The minimum absolute atomic E-state index is 0.664. The highest BCUT2D eigenvalue weighted by atomic mass is 19.1. The SMILES string of the molecule is CC(F)Oc1cccc2c1CNC2. The molecule has 2 nitrogen and oxygen atoms in total. The summed E-state index contributed by atoms with van der Waals surface area (Å²) in [6, 6.07) is 5.73. The summed E-state index contributed by atoms with van der Waals surface area (Å²) >= 11 is 0. The maximum Gasteiger partial charge on any atom is 0.235 e. The van der Waals surface area contributed by atoms with Gasteiger partial charge in [0.05, 0.1) is 0 Å². The van der Waals surface area contributed by atoms with Crippen molar-refractivity contribution in [3.8, 4) is 5.75 Å². The molecule has 1 aromatic rings. The standard InChI is InChI=1S/C10H12FNO/c1-7(11)13-10-4-2-3-8-5-12-6-9(8)10/h2-4,7,12H,5-6H2,1H3. The van der Waals surface area contributed by atoms with Gasteiger partial charge >= 0.3 is 0 Å². The molecule has 2 rings (SSSR count). The number of fused-ring (bicyclic) bond motifs is 1. The van der Waals surface area contributed by atoms with Crippen molar-refractivity contribution in [2.75, 3.05) is 0 Å². The molecule has 0 bridgehead atoms. The summed E-state index contributed by atoms with van der Waals surface area (Å²) in [5, 5.41) is 3.20. The molecule has 1 aliphatic rings. The van der Waals surface area contributed by atoms with E-state index < -0.39 is 6.36 Å². The van der Waals surface area contributed by atoms with Gasteiger partial charge in [0.2, 0.25) is 6.36 Å². The average molecular weight is 181 g/mol. The van der Waals surface area contributed by atoms with Crippen LogP contribution in [0.2, 0.25) is 0 Å². The van der Waals surface area contributed by atoms with Gasteiger partial charge in [-0.05, 0) is 11.6 Å². The molecule has 1 aliphatic heterocycles. The summed E-state index contributed by atoms with van der Waals surface area (Å²) in [4.78, 5) is 0. The summed E-state index contributed by atoms with van der Waals surface area (Å²) in [5.41, 5.74) is 2.30. The molecule has 0 saturated carbocycles. The number of nitrogens with one attached hydrogen (secondary N) is 1. The van der Waals surface area contributed by atoms with Crippen molar-refractivity contribution in [3.05, 3.63) is 29.3 Å². The van der Waals surface area contributed by atoms with E-state index in [2.05, 4.69) is 5.32 Å². The lowest BCUT2D eigenvalue weighted by Crippen LogP contribution is -2.06. The summed E-state index contributed by atoms with van der Waals surface area (Å²) in [6.07, 6.45) is -1.24. The van der Waals surface area contributed by atoms with E-state index in [1.165, 1.54) is 12.5 Å². The van der Waals surface area contributed by atoms with Crippen LogP contribution in [0, 0.1) is 0 Å². The first-order valence-electron chi connectivity index (χ1n) is 4.39. The Kier molecular flexibility index (Phi) is 2.19. The second kappa shape index (κ2) is 3.34. The zero-order valence-corrected chi connectivity index (χ0v) is 7.51. The third-order valence-electron chi connectivity index (χ3n) is 2.14. The Morgan fingerprint density at radius 2 is 2.31 bits per heavy atom. The fraction of sp³-hybridized carbons (Fsp3) is 0.400. The topological polar surface area (TPSA) is 21.3 Å². The van der Waals surface area contributed by atoms with E-state index in [1.807, 2.05) is 18.2 Å². The van der Waals surface area contributed by atoms with Crippen LogP contribution in [0.3, 0.4) is 0 Å². The second-order valence-corrected chi connectivity index (χ2v) is 3.16. The molecule has 1 unspecified atom stereocenters. The van der Waals surface area contributed by atoms with Gasteiger partial charge in [-0.15, -0.1) is 0 Å². The van der Waals surface area contributed by atoms with Crippen LogP contribution in [0.25, 0.3) is 0 Å². The Morgan fingerprint density at radius 1 is 1.46 bits per heavy atom. The minimum atomic E-state index is -1.24. The first-order valence-corrected chi connectivity index (χ1v) is 4.39. The third kappa shape index (κ3) is 1.65. The van der Waals surface area contributed by atoms with Crippen molar-refractivity contribution >= 4 is 0 Å². The molecule has 0 aromatic heterocycles. The number of ether oxygens (including phenoxy) is 1. The van der Waals surface area contributed by atoms with Crippen LogP contribution in [0.5, 0.6) is 5.75 Å². The number of hydrogen-bond acceptors (Lipinski definition) is 2. The molecule has 0 fully saturated rings. The zero-order chi connectivity index (χ0) is 9.26. The lowest BCUT2D eigenvalue weighted by molar-refractivity contribution is 0.0850. The van der Waals surface area contributed by atoms with Crippen LogP contribution < -0.4 is 10.1 Å². The second-order valence-electron chi connectivity index (χ2n) is 3.16. The first kappa shape index (κ1) is 8.51. The Balaban J connectivity index is 2.30. The van der Waals surface area contributed by atoms with Gasteiger partial charge in [-0.1, -0.05) is 12.1 Å². The predicted octanol–water partition coefficient (Wildman–Crippen LogP) is 1.98. The van der Waals surface area contributed by atoms with Crippen LogP contribution in [-0.4, -0.2) is 6.36 Å². The molecule has 1 atom stereocenters. The van der Waals surface area contributed by atoms with E-state index >= 15 is 0 Å². The predicted molar refractivity (Wildman–Crippen MR) is 48.2 cm³/mol. The average Bonchev–Trinajstić information content (AvgIpc) is 2.51. The molecule has 0 radical (unpaired) electrons. The maximum absolute atomic E-state index is 12.6. The lowest BCUT2D eigenvalue weighted by Gasteiger charge is -2.10. The Morgan fingerprint density at radius 3 is 3.08 bits per heavy atom. The van der Waals surface area contributed by atoms with Crippen molar-refractivity contribution < 1.29 is 9.13 Å². The molecular formula is C10H12FNO. The van der Waals surface area contributed by atoms with Gasteiger partial charge < -0.3 is 10.1 Å². The van der Waals surface area contributed by atoms with Crippen LogP contribution in [0.1, 0.15) is 18.1 Å². The van der Waals surface area contributed by atoms with Crippen LogP contribution in [0.15, 0.2) is 18.2 Å². The first-order chi connectivity index (χ1) is 6.27. The number of rotatable bonds is 2. The monoisotopic (exact) mass is 181 g/mol. The van der Waals surface area contributed by atoms with Crippen molar-refractivity contribution in [1.82, 2.24) is 5.32 Å². The van der Waals surface area contributed by atoms with Crippen LogP contribution in [0.4, 0.5) is 4.39 Å². The molecule has 13 heavy (non-hydrogen) atoms. The van der Waals surface area contributed by atoms with E-state index in [0.717, 1.165) is 18.7 Å². The highest BCUT2D eigenvalue weighted by molar-refractivity contribution is 5.42. The summed E-state index contributed by atoms with van der Waals surface area (Å²) in [6.45, 7) is 3.02. The van der Waals surface area contributed by atoms with Crippen LogP contribution in [-0.2, 0) is 13.1 Å².